The first kappa shape index (κ1) is 14.5. The van der Waals surface area contributed by atoms with E-state index in [2.05, 4.69) is 10.1 Å². The zero-order valence-electron chi connectivity index (χ0n) is 12.6. The number of rotatable bonds is 1. The summed E-state index contributed by atoms with van der Waals surface area (Å²) in [5.74, 6) is 0. The Labute approximate surface area is 137 Å². The molecule has 2 N–H and O–H groups in total. The van der Waals surface area contributed by atoms with Gasteiger partial charge in [-0.3, -0.25) is 4.79 Å². The van der Waals surface area contributed by atoms with E-state index < -0.39 is 5.60 Å². The molecule has 0 amide bonds. The van der Waals surface area contributed by atoms with Crippen LogP contribution in [0.4, 0.5) is 0 Å². The van der Waals surface area contributed by atoms with Crippen molar-refractivity contribution in [1.82, 2.24) is 14.8 Å². The second-order valence-corrected chi connectivity index (χ2v) is 6.81. The van der Waals surface area contributed by atoms with Gasteiger partial charge in [0.2, 0.25) is 0 Å². The minimum absolute atomic E-state index is 0.174. The molecule has 1 atom stereocenters. The number of fused-ring (bicyclic) bond motifs is 3. The van der Waals surface area contributed by atoms with Crippen LogP contribution in [0.25, 0.3) is 16.9 Å². The number of aryl methyl sites for hydroxylation is 1. The molecule has 0 fully saturated rings. The fraction of sp³-hybridized carbons (Fsp3) is 0.294. The number of hydrogen-bond donors (Lipinski definition) is 2. The number of hydrogen-bond acceptors (Lipinski definition) is 3. The molecular formula is C17H16ClN3O2. The first-order chi connectivity index (χ1) is 10.9. The van der Waals surface area contributed by atoms with Crippen molar-refractivity contribution < 1.29 is 5.11 Å². The molecule has 0 spiro atoms. The molecule has 6 heteroatoms. The lowest BCUT2D eigenvalue weighted by atomic mass is 9.82. The molecule has 0 aromatic heterocycles. The molecule has 0 radical (unpaired) electrons. The summed E-state index contributed by atoms with van der Waals surface area (Å²) < 4.78 is 1.39. The summed E-state index contributed by atoms with van der Waals surface area (Å²) >= 11 is 5.90. The average Bonchev–Trinajstić information content (AvgIpc) is 2.85. The van der Waals surface area contributed by atoms with Gasteiger partial charge in [-0.1, -0.05) is 11.6 Å². The highest BCUT2D eigenvalue weighted by Gasteiger charge is 2.32. The van der Waals surface area contributed by atoms with Crippen LogP contribution in [0.2, 0.25) is 5.02 Å². The number of halogens is 1. The van der Waals surface area contributed by atoms with E-state index in [4.69, 9.17) is 11.6 Å². The molecule has 5 nitrogen and oxygen atoms in total. The van der Waals surface area contributed by atoms with Gasteiger partial charge >= 0.3 is 0 Å². The maximum atomic E-state index is 12.6. The number of nitrogens with one attached hydrogen (secondary N) is 1. The van der Waals surface area contributed by atoms with Crippen LogP contribution in [0.5, 0.6) is 0 Å². The van der Waals surface area contributed by atoms with Gasteiger partial charge in [0.15, 0.2) is 0 Å². The lowest BCUT2D eigenvalue weighted by Gasteiger charge is -2.30. The Morgan fingerprint density at radius 2 is 2.09 bits per heavy atom. The van der Waals surface area contributed by atoms with Gasteiger partial charge in [0, 0.05) is 28.9 Å². The Hall–Kier alpha value is -2.11. The molecule has 2 heterocycles. The summed E-state index contributed by atoms with van der Waals surface area (Å²) in [4.78, 5) is 15.8. The van der Waals surface area contributed by atoms with E-state index in [0.717, 1.165) is 17.7 Å². The highest BCUT2D eigenvalue weighted by atomic mass is 35.5. The topological polar surface area (TPSA) is 70.9 Å². The number of nitrogens with zero attached hydrogens (tertiary/aromatic N) is 2. The third kappa shape index (κ3) is 2.36. The van der Waals surface area contributed by atoms with Gasteiger partial charge in [0.05, 0.1) is 16.9 Å². The minimum Gasteiger partial charge on any atom is -0.390 e. The first-order valence-electron chi connectivity index (χ1n) is 7.55. The van der Waals surface area contributed by atoms with Crippen molar-refractivity contribution in [2.75, 3.05) is 0 Å². The highest BCUT2D eigenvalue weighted by molar-refractivity contribution is 6.30. The van der Waals surface area contributed by atoms with Gasteiger partial charge in [0.1, 0.15) is 5.69 Å². The van der Waals surface area contributed by atoms with Gasteiger partial charge in [-0.2, -0.15) is 9.78 Å². The Morgan fingerprint density at radius 3 is 2.83 bits per heavy atom. The van der Waals surface area contributed by atoms with E-state index in [1.54, 1.807) is 30.5 Å². The van der Waals surface area contributed by atoms with Gasteiger partial charge < -0.3 is 10.1 Å². The molecule has 0 saturated carbocycles. The largest absolute Gasteiger partial charge is 0.390 e. The maximum Gasteiger partial charge on any atom is 0.282 e. The summed E-state index contributed by atoms with van der Waals surface area (Å²) in [6.45, 7) is 1.82. The van der Waals surface area contributed by atoms with Crippen LogP contribution < -0.4 is 5.56 Å². The second-order valence-electron chi connectivity index (χ2n) is 6.38. The van der Waals surface area contributed by atoms with Crippen molar-refractivity contribution >= 4 is 11.6 Å². The molecule has 0 saturated heterocycles. The van der Waals surface area contributed by atoms with Crippen LogP contribution in [-0.4, -0.2) is 25.5 Å². The summed E-state index contributed by atoms with van der Waals surface area (Å²) in [6, 6.07) is 6.99. The second kappa shape index (κ2) is 4.94. The summed E-state index contributed by atoms with van der Waals surface area (Å²) in [5, 5.41) is 15.5. The Morgan fingerprint density at radius 1 is 1.35 bits per heavy atom. The first-order valence-corrected chi connectivity index (χ1v) is 7.93. The minimum atomic E-state index is -0.762. The summed E-state index contributed by atoms with van der Waals surface area (Å²) in [5.41, 5.74) is 2.92. The number of aliphatic hydroxyl groups is 1. The van der Waals surface area contributed by atoms with Crippen LogP contribution in [0.1, 0.15) is 24.6 Å². The van der Waals surface area contributed by atoms with Crippen molar-refractivity contribution in [3.05, 3.63) is 57.1 Å². The number of benzene rings is 1. The van der Waals surface area contributed by atoms with Crippen LogP contribution >= 0.6 is 11.6 Å². The van der Waals surface area contributed by atoms with Crippen molar-refractivity contribution in [2.24, 2.45) is 0 Å². The Kier molecular flexibility index (Phi) is 3.11. The molecule has 3 aliphatic rings. The summed E-state index contributed by atoms with van der Waals surface area (Å²) in [7, 11) is 0. The van der Waals surface area contributed by atoms with Crippen LogP contribution in [-0.2, 0) is 12.8 Å². The number of aromatic amines is 1. The molecule has 2 aliphatic heterocycles. The van der Waals surface area contributed by atoms with E-state index in [0.29, 0.717) is 34.8 Å². The lowest BCUT2D eigenvalue weighted by Crippen LogP contribution is -2.33. The van der Waals surface area contributed by atoms with Crippen molar-refractivity contribution in [3.63, 3.8) is 0 Å². The van der Waals surface area contributed by atoms with E-state index >= 15 is 0 Å². The quantitative estimate of drug-likeness (QED) is 0.720. The van der Waals surface area contributed by atoms with Gasteiger partial charge in [-0.05, 0) is 44.0 Å². The summed E-state index contributed by atoms with van der Waals surface area (Å²) in [6.07, 6.45) is 3.66. The molecule has 0 bridgehead atoms. The zero-order valence-corrected chi connectivity index (χ0v) is 13.4. The molecule has 1 unspecified atom stereocenters. The number of H-pyrrole nitrogens is 1. The zero-order chi connectivity index (χ0) is 16.2. The molecule has 4 rings (SSSR count). The van der Waals surface area contributed by atoms with E-state index in [1.807, 2.05) is 6.92 Å². The average molecular weight is 330 g/mol. The molecule has 23 heavy (non-hydrogen) atoms. The highest BCUT2D eigenvalue weighted by Crippen LogP contribution is 2.33. The van der Waals surface area contributed by atoms with Crippen molar-refractivity contribution in [3.8, 4) is 16.9 Å². The van der Waals surface area contributed by atoms with Crippen molar-refractivity contribution in [2.45, 2.75) is 31.8 Å². The molecule has 118 valence electrons. The monoisotopic (exact) mass is 329 g/mol. The van der Waals surface area contributed by atoms with E-state index in [9.17, 15) is 9.90 Å². The fourth-order valence-corrected chi connectivity index (χ4v) is 3.32. The standard InChI is InChI=1S/C17H16ClN3O2/c1-17(23)7-6-14-12(8-17)15-13(9-19-14)16(22)21(20-15)11-4-2-10(18)3-5-11/h2-5,9,19,23H,6-8H2,1H3. The van der Waals surface area contributed by atoms with Crippen LogP contribution in [0, 0.1) is 0 Å². The SMILES string of the molecule is CC1(O)CCc2[nH]cc3c(=O)n(-c4ccc(Cl)cc4)nc-3c2C1. The number of pyridine rings is 1. The molecule has 1 aromatic carbocycles. The van der Waals surface area contributed by atoms with Gasteiger partial charge in [0.25, 0.3) is 5.56 Å². The smallest absolute Gasteiger partial charge is 0.282 e. The lowest BCUT2D eigenvalue weighted by molar-refractivity contribution is 0.0453. The molecule has 1 aromatic rings. The van der Waals surface area contributed by atoms with E-state index in [-0.39, 0.29) is 5.56 Å². The third-order valence-corrected chi connectivity index (χ3v) is 4.71. The van der Waals surface area contributed by atoms with Gasteiger partial charge in [-0.15, -0.1) is 0 Å². The van der Waals surface area contributed by atoms with Crippen molar-refractivity contribution in [1.29, 1.82) is 0 Å². The van der Waals surface area contributed by atoms with Crippen LogP contribution in [0.3, 0.4) is 0 Å². The van der Waals surface area contributed by atoms with Crippen LogP contribution in [0.15, 0.2) is 35.3 Å². The molecule has 1 aliphatic carbocycles. The maximum absolute atomic E-state index is 12.6. The third-order valence-electron chi connectivity index (χ3n) is 4.46. The Bertz CT molecular complexity index is 909. The normalized spacial score (nSPS) is 20.7. The number of aromatic nitrogens is 3. The van der Waals surface area contributed by atoms with Gasteiger partial charge in [-0.25, -0.2) is 0 Å². The predicted octanol–water partition coefficient (Wildman–Crippen LogP) is 2.56. The Balaban J connectivity index is 1.92. The predicted molar refractivity (Wildman–Crippen MR) is 88.5 cm³/mol. The molecular weight excluding hydrogens is 314 g/mol. The fourth-order valence-electron chi connectivity index (χ4n) is 3.19. The van der Waals surface area contributed by atoms with E-state index in [1.165, 1.54) is 4.68 Å².